The smallest absolute Gasteiger partial charge is 0.157 e. The lowest BCUT2D eigenvalue weighted by Crippen LogP contribution is -2.41. The second kappa shape index (κ2) is 7.34. The number of hydrogen-bond donors (Lipinski definition) is 1. The summed E-state index contributed by atoms with van der Waals surface area (Å²) >= 11 is 0. The number of nitriles is 1. The van der Waals surface area contributed by atoms with Gasteiger partial charge in [-0.1, -0.05) is 6.07 Å². The maximum absolute atomic E-state index is 9.03. The van der Waals surface area contributed by atoms with E-state index >= 15 is 0 Å². The van der Waals surface area contributed by atoms with Crippen LogP contribution in [0.15, 0.2) is 30.6 Å². The summed E-state index contributed by atoms with van der Waals surface area (Å²) in [6.07, 6.45) is 3.47. The summed E-state index contributed by atoms with van der Waals surface area (Å²) in [6, 6.07) is 7.76. The summed E-state index contributed by atoms with van der Waals surface area (Å²) in [6.45, 7) is 1.78. The van der Waals surface area contributed by atoms with Crippen molar-refractivity contribution in [3.8, 4) is 17.6 Å². The standard InChI is InChI=1S/C17H20N4O3/c1-21-9-14(8-20-21)24-17-11-23-10-15(17)19-7-12-3-4-13(6-18)16(5-12)22-2/h3-5,8-9,15,17,19H,7,10-11H2,1-2H3/t15-,17+/m0/s1. The predicted octanol–water partition coefficient (Wildman–Crippen LogP) is 1.24. The van der Waals surface area contributed by atoms with Gasteiger partial charge in [0.05, 0.1) is 44.3 Å². The van der Waals surface area contributed by atoms with E-state index in [0.29, 0.717) is 31.1 Å². The molecule has 0 saturated carbocycles. The predicted molar refractivity (Wildman–Crippen MR) is 86.8 cm³/mol. The fraction of sp³-hybridized carbons (Fsp3) is 0.412. The van der Waals surface area contributed by atoms with Crippen LogP contribution in [0, 0.1) is 11.3 Å². The molecule has 1 aromatic carbocycles. The third kappa shape index (κ3) is 3.67. The van der Waals surface area contributed by atoms with Crippen molar-refractivity contribution in [1.29, 1.82) is 5.26 Å². The minimum absolute atomic E-state index is 0.0607. The summed E-state index contributed by atoms with van der Waals surface area (Å²) in [5, 5.41) is 16.6. The molecule has 1 fully saturated rings. The topological polar surface area (TPSA) is 81.3 Å². The highest BCUT2D eigenvalue weighted by Gasteiger charge is 2.30. The first-order valence-corrected chi connectivity index (χ1v) is 7.73. The highest BCUT2D eigenvalue weighted by molar-refractivity contribution is 5.45. The molecule has 0 amide bonds. The van der Waals surface area contributed by atoms with Gasteiger partial charge in [-0.15, -0.1) is 0 Å². The average molecular weight is 328 g/mol. The Morgan fingerprint density at radius 3 is 3.04 bits per heavy atom. The number of aryl methyl sites for hydroxylation is 1. The van der Waals surface area contributed by atoms with Crippen molar-refractivity contribution in [2.45, 2.75) is 18.7 Å². The Bertz CT molecular complexity index is 738. The Balaban J connectivity index is 1.60. The molecule has 0 spiro atoms. The molecule has 0 aliphatic carbocycles. The van der Waals surface area contributed by atoms with Crippen LogP contribution in [-0.4, -0.2) is 42.2 Å². The quantitative estimate of drug-likeness (QED) is 0.859. The van der Waals surface area contributed by atoms with Crippen LogP contribution >= 0.6 is 0 Å². The van der Waals surface area contributed by atoms with E-state index in [-0.39, 0.29) is 12.1 Å². The lowest BCUT2D eigenvalue weighted by Gasteiger charge is -2.20. The fourth-order valence-electron chi connectivity index (χ4n) is 2.66. The minimum atomic E-state index is -0.0607. The first-order valence-electron chi connectivity index (χ1n) is 7.73. The van der Waals surface area contributed by atoms with Gasteiger partial charge in [-0.2, -0.15) is 10.4 Å². The van der Waals surface area contributed by atoms with Crippen molar-refractivity contribution in [1.82, 2.24) is 15.1 Å². The molecule has 1 saturated heterocycles. The van der Waals surface area contributed by atoms with Gasteiger partial charge in [-0.25, -0.2) is 0 Å². The Morgan fingerprint density at radius 1 is 1.46 bits per heavy atom. The molecule has 126 valence electrons. The molecule has 0 unspecified atom stereocenters. The number of aromatic nitrogens is 2. The zero-order chi connectivity index (χ0) is 16.9. The Kier molecular flexibility index (Phi) is 4.99. The first-order chi connectivity index (χ1) is 11.7. The van der Waals surface area contributed by atoms with Crippen LogP contribution in [0.1, 0.15) is 11.1 Å². The van der Waals surface area contributed by atoms with Crippen molar-refractivity contribution >= 4 is 0 Å². The lowest BCUT2D eigenvalue weighted by atomic mass is 10.1. The van der Waals surface area contributed by atoms with Crippen LogP contribution in [0.4, 0.5) is 0 Å². The monoisotopic (exact) mass is 328 g/mol. The van der Waals surface area contributed by atoms with Crippen molar-refractivity contribution in [3.05, 3.63) is 41.7 Å². The molecule has 1 N–H and O–H groups in total. The van der Waals surface area contributed by atoms with Crippen LogP contribution < -0.4 is 14.8 Å². The maximum atomic E-state index is 9.03. The van der Waals surface area contributed by atoms with Gasteiger partial charge in [-0.3, -0.25) is 4.68 Å². The van der Waals surface area contributed by atoms with Crippen LogP contribution in [-0.2, 0) is 18.3 Å². The molecule has 1 aliphatic rings. The Labute approximate surface area is 140 Å². The van der Waals surface area contributed by atoms with E-state index in [9.17, 15) is 0 Å². The van der Waals surface area contributed by atoms with E-state index in [1.165, 1.54) is 0 Å². The van der Waals surface area contributed by atoms with E-state index < -0.39 is 0 Å². The largest absolute Gasteiger partial charge is 0.495 e. The average Bonchev–Trinajstić information content (AvgIpc) is 3.21. The summed E-state index contributed by atoms with van der Waals surface area (Å²) in [5.74, 6) is 1.32. The molecule has 2 heterocycles. The van der Waals surface area contributed by atoms with Crippen molar-refractivity contribution in [2.75, 3.05) is 20.3 Å². The van der Waals surface area contributed by atoms with Crippen LogP contribution in [0.2, 0.25) is 0 Å². The second-order valence-corrected chi connectivity index (χ2v) is 5.68. The number of nitrogens with one attached hydrogen (secondary N) is 1. The molecule has 1 aliphatic heterocycles. The van der Waals surface area contributed by atoms with Gasteiger partial charge in [0.15, 0.2) is 5.75 Å². The third-order valence-corrected chi connectivity index (χ3v) is 3.95. The Hall–Kier alpha value is -2.56. The second-order valence-electron chi connectivity index (χ2n) is 5.68. The fourth-order valence-corrected chi connectivity index (χ4v) is 2.66. The van der Waals surface area contributed by atoms with Crippen LogP contribution in [0.25, 0.3) is 0 Å². The van der Waals surface area contributed by atoms with E-state index in [2.05, 4.69) is 16.5 Å². The molecule has 1 aromatic heterocycles. The third-order valence-electron chi connectivity index (χ3n) is 3.95. The van der Waals surface area contributed by atoms with Crippen LogP contribution in [0.3, 0.4) is 0 Å². The maximum Gasteiger partial charge on any atom is 0.157 e. The number of nitrogens with zero attached hydrogens (tertiary/aromatic N) is 3. The van der Waals surface area contributed by atoms with E-state index in [0.717, 1.165) is 11.3 Å². The molecule has 2 atom stereocenters. The number of methoxy groups -OCH3 is 1. The van der Waals surface area contributed by atoms with Gasteiger partial charge in [0.1, 0.15) is 17.9 Å². The zero-order valence-corrected chi connectivity index (χ0v) is 13.7. The highest BCUT2D eigenvalue weighted by Crippen LogP contribution is 2.20. The van der Waals surface area contributed by atoms with Crippen molar-refractivity contribution < 1.29 is 14.2 Å². The van der Waals surface area contributed by atoms with Crippen LogP contribution in [0.5, 0.6) is 11.5 Å². The van der Waals surface area contributed by atoms with Gasteiger partial charge < -0.3 is 19.5 Å². The number of benzene rings is 1. The highest BCUT2D eigenvalue weighted by atomic mass is 16.5. The summed E-state index contributed by atoms with van der Waals surface area (Å²) in [7, 11) is 3.42. The molecular weight excluding hydrogens is 308 g/mol. The summed E-state index contributed by atoms with van der Waals surface area (Å²) < 4.78 is 18.4. The molecule has 24 heavy (non-hydrogen) atoms. The number of rotatable bonds is 6. The van der Waals surface area contributed by atoms with Gasteiger partial charge in [0, 0.05) is 13.6 Å². The molecule has 0 radical (unpaired) electrons. The lowest BCUT2D eigenvalue weighted by molar-refractivity contribution is 0.139. The number of hydrogen-bond acceptors (Lipinski definition) is 6. The van der Waals surface area contributed by atoms with E-state index in [1.54, 1.807) is 24.1 Å². The molecular formula is C17H20N4O3. The van der Waals surface area contributed by atoms with Crippen molar-refractivity contribution in [3.63, 3.8) is 0 Å². The number of ether oxygens (including phenoxy) is 3. The van der Waals surface area contributed by atoms with Gasteiger partial charge in [0.25, 0.3) is 0 Å². The van der Waals surface area contributed by atoms with Gasteiger partial charge in [-0.05, 0) is 17.7 Å². The molecule has 0 bridgehead atoms. The molecule has 3 rings (SSSR count). The zero-order valence-electron chi connectivity index (χ0n) is 13.7. The first kappa shape index (κ1) is 16.3. The minimum Gasteiger partial charge on any atom is -0.495 e. The molecule has 2 aromatic rings. The Morgan fingerprint density at radius 2 is 2.33 bits per heavy atom. The van der Waals surface area contributed by atoms with E-state index in [1.807, 2.05) is 25.4 Å². The van der Waals surface area contributed by atoms with E-state index in [4.69, 9.17) is 19.5 Å². The SMILES string of the molecule is COc1cc(CN[C@H]2COC[C@H]2Oc2cnn(C)c2)ccc1C#N. The molecule has 7 nitrogen and oxygen atoms in total. The van der Waals surface area contributed by atoms with Gasteiger partial charge >= 0.3 is 0 Å². The summed E-state index contributed by atoms with van der Waals surface area (Å²) in [4.78, 5) is 0. The summed E-state index contributed by atoms with van der Waals surface area (Å²) in [5.41, 5.74) is 1.57. The normalized spacial score (nSPS) is 19.9. The van der Waals surface area contributed by atoms with Crippen molar-refractivity contribution in [2.24, 2.45) is 7.05 Å². The van der Waals surface area contributed by atoms with Gasteiger partial charge in [0.2, 0.25) is 0 Å². The molecule has 7 heteroatoms.